The van der Waals surface area contributed by atoms with Crippen LogP contribution >= 0.6 is 23.2 Å². The molecule has 5 heterocycles. The van der Waals surface area contributed by atoms with Crippen LogP contribution in [0.15, 0.2) is 67.0 Å². The fraction of sp³-hybridized carbons (Fsp3) is 0.342. The molecule has 0 radical (unpaired) electrons. The van der Waals surface area contributed by atoms with Gasteiger partial charge in [0, 0.05) is 110 Å². The summed E-state index contributed by atoms with van der Waals surface area (Å²) >= 11 is 14.3. The molecule has 0 spiro atoms. The minimum absolute atomic E-state index is 0.107. The number of ether oxygens (including phenoxy) is 2. The summed E-state index contributed by atoms with van der Waals surface area (Å²) in [5.41, 5.74) is 7.97. The lowest BCUT2D eigenvalue weighted by Crippen LogP contribution is -2.35. The van der Waals surface area contributed by atoms with Gasteiger partial charge >= 0.3 is 0 Å². The highest BCUT2D eigenvalue weighted by molar-refractivity contribution is 6.39. The maximum atomic E-state index is 11.5. The first kappa shape index (κ1) is 33.5. The molecule has 3 N–H and O–H groups in total. The number of nitrogens with zero attached hydrogens (tertiary/aromatic N) is 3. The van der Waals surface area contributed by atoms with E-state index >= 15 is 0 Å². The number of methoxy groups -OCH3 is 1. The number of aromatic nitrogens is 3. The van der Waals surface area contributed by atoms with Crippen LogP contribution in [0.1, 0.15) is 36.8 Å². The Kier molecular flexibility index (Phi) is 10.2. The fourth-order valence-corrected chi connectivity index (χ4v) is 7.49. The maximum absolute atomic E-state index is 11.5. The standard InChI is InChI=1S/C38H40Cl2N6O3/c1-46-22-25(20-43-26-13-16-49-17-14-26)28-9-6-23(18-33(28)46)37-36(40)30(12-15-42-37)29-4-3-5-31(35(29)39)32-10-7-24(38(45-32)48-2)19-41-21-27-8-11-34(47)44-27/h3-7,9-10,12,15,18,22,26-27,41,43H,8,11,13-14,16-17,19-21H2,1-2H3,(H,44,47)/t27-/m0/s1. The predicted octanol–water partition coefficient (Wildman–Crippen LogP) is 6.92. The monoisotopic (exact) mass is 698 g/mol. The lowest BCUT2D eigenvalue weighted by molar-refractivity contribution is -0.119. The first-order valence-electron chi connectivity index (χ1n) is 16.8. The summed E-state index contributed by atoms with van der Waals surface area (Å²) in [6, 6.07) is 18.7. The molecule has 2 fully saturated rings. The van der Waals surface area contributed by atoms with Crippen molar-refractivity contribution in [3.8, 4) is 39.5 Å². The highest BCUT2D eigenvalue weighted by Crippen LogP contribution is 2.42. The molecule has 0 bridgehead atoms. The highest BCUT2D eigenvalue weighted by atomic mass is 35.5. The Hall–Kier alpha value is -3.99. The number of amides is 1. The summed E-state index contributed by atoms with van der Waals surface area (Å²) in [6.45, 7) is 3.70. The lowest BCUT2D eigenvalue weighted by Gasteiger charge is -2.23. The van der Waals surface area contributed by atoms with Gasteiger partial charge in [-0.1, -0.05) is 59.6 Å². The molecule has 11 heteroatoms. The van der Waals surface area contributed by atoms with Gasteiger partial charge in [-0.2, -0.15) is 0 Å². The van der Waals surface area contributed by atoms with Crippen LogP contribution in [-0.4, -0.2) is 59.4 Å². The SMILES string of the molecule is COc1nc(-c2cccc(-c3ccnc(-c4ccc5c(CNC6CCOCC6)cn(C)c5c4)c3Cl)c2Cl)ccc1CNC[C@@H]1CCC(=O)N1. The van der Waals surface area contributed by atoms with Crippen molar-refractivity contribution in [1.82, 2.24) is 30.5 Å². The molecule has 1 atom stereocenters. The second kappa shape index (κ2) is 14.9. The Balaban J connectivity index is 1.13. The molecule has 1 amide bonds. The summed E-state index contributed by atoms with van der Waals surface area (Å²) in [4.78, 5) is 21.0. The normalized spacial score (nSPS) is 16.7. The summed E-state index contributed by atoms with van der Waals surface area (Å²) in [5, 5.41) is 12.4. The van der Waals surface area contributed by atoms with Crippen molar-refractivity contribution in [3.05, 3.63) is 88.2 Å². The molecule has 0 unspecified atom stereocenters. The van der Waals surface area contributed by atoms with E-state index < -0.39 is 0 Å². The molecule has 9 nitrogen and oxygen atoms in total. The first-order chi connectivity index (χ1) is 23.9. The number of hydrogen-bond donors (Lipinski definition) is 3. The molecule has 5 aromatic rings. The molecule has 2 aromatic carbocycles. The van der Waals surface area contributed by atoms with E-state index in [-0.39, 0.29) is 11.9 Å². The van der Waals surface area contributed by atoms with Crippen LogP contribution in [-0.2, 0) is 29.7 Å². The molecule has 2 saturated heterocycles. The lowest BCUT2D eigenvalue weighted by atomic mass is 9.99. The third-order valence-corrected chi connectivity index (χ3v) is 10.3. The van der Waals surface area contributed by atoms with Gasteiger partial charge in [0.2, 0.25) is 11.8 Å². The Labute approximate surface area is 296 Å². The summed E-state index contributed by atoms with van der Waals surface area (Å²) in [6.07, 6.45) is 7.48. The van der Waals surface area contributed by atoms with Crippen molar-refractivity contribution in [1.29, 1.82) is 0 Å². The minimum atomic E-state index is 0.107. The van der Waals surface area contributed by atoms with Crippen molar-refractivity contribution in [2.75, 3.05) is 26.9 Å². The summed E-state index contributed by atoms with van der Waals surface area (Å²) in [7, 11) is 3.69. The molecule has 0 saturated carbocycles. The zero-order valence-corrected chi connectivity index (χ0v) is 29.2. The van der Waals surface area contributed by atoms with E-state index in [9.17, 15) is 4.79 Å². The number of hydrogen-bond acceptors (Lipinski definition) is 7. The van der Waals surface area contributed by atoms with Gasteiger partial charge in [-0.05, 0) is 43.0 Å². The number of carbonyl (C=O) groups excluding carboxylic acids is 1. The third-order valence-electron chi connectivity index (χ3n) is 9.53. The second-order valence-electron chi connectivity index (χ2n) is 12.8. The van der Waals surface area contributed by atoms with E-state index in [4.69, 9.17) is 42.6 Å². The van der Waals surface area contributed by atoms with Gasteiger partial charge < -0.3 is 30.0 Å². The Morgan fingerprint density at radius 1 is 0.980 bits per heavy atom. The first-order valence-corrected chi connectivity index (χ1v) is 17.5. The van der Waals surface area contributed by atoms with Crippen molar-refractivity contribution in [3.63, 3.8) is 0 Å². The van der Waals surface area contributed by atoms with Gasteiger partial charge in [0.1, 0.15) is 0 Å². The fourth-order valence-electron chi connectivity index (χ4n) is 6.84. The number of rotatable bonds is 11. The number of halogens is 2. The molecule has 49 heavy (non-hydrogen) atoms. The summed E-state index contributed by atoms with van der Waals surface area (Å²) < 4.78 is 13.3. The van der Waals surface area contributed by atoms with Crippen molar-refractivity contribution in [2.24, 2.45) is 7.05 Å². The van der Waals surface area contributed by atoms with Gasteiger partial charge in [-0.3, -0.25) is 9.78 Å². The van der Waals surface area contributed by atoms with Crippen molar-refractivity contribution >= 4 is 40.0 Å². The molecule has 2 aliphatic rings. The highest BCUT2D eigenvalue weighted by Gasteiger charge is 2.21. The zero-order valence-electron chi connectivity index (χ0n) is 27.7. The van der Waals surface area contributed by atoms with Crippen LogP contribution in [0, 0.1) is 0 Å². The van der Waals surface area contributed by atoms with E-state index in [1.807, 2.05) is 36.4 Å². The van der Waals surface area contributed by atoms with Crippen LogP contribution in [0.2, 0.25) is 10.0 Å². The average molecular weight is 700 g/mol. The topological polar surface area (TPSA) is 102 Å². The molecule has 254 valence electrons. The quantitative estimate of drug-likeness (QED) is 0.138. The van der Waals surface area contributed by atoms with Crippen LogP contribution in [0.5, 0.6) is 5.88 Å². The van der Waals surface area contributed by atoms with Crippen LogP contribution in [0.4, 0.5) is 0 Å². The maximum Gasteiger partial charge on any atom is 0.220 e. The van der Waals surface area contributed by atoms with Gasteiger partial charge in [0.05, 0.1) is 28.5 Å². The Bertz CT molecular complexity index is 1990. The zero-order chi connectivity index (χ0) is 33.9. The van der Waals surface area contributed by atoms with Gasteiger partial charge in [-0.25, -0.2) is 4.98 Å². The number of aryl methyl sites for hydroxylation is 1. The number of pyridine rings is 2. The van der Waals surface area contributed by atoms with E-state index in [1.165, 1.54) is 10.9 Å². The largest absolute Gasteiger partial charge is 0.481 e. The Morgan fingerprint density at radius 2 is 1.80 bits per heavy atom. The van der Waals surface area contributed by atoms with E-state index in [0.717, 1.165) is 72.4 Å². The number of benzene rings is 2. The van der Waals surface area contributed by atoms with E-state index in [1.54, 1.807) is 13.3 Å². The molecular weight excluding hydrogens is 659 g/mol. The second-order valence-corrected chi connectivity index (χ2v) is 13.5. The van der Waals surface area contributed by atoms with Gasteiger partial charge in [-0.15, -0.1) is 0 Å². The average Bonchev–Trinajstić information content (AvgIpc) is 3.69. The van der Waals surface area contributed by atoms with Crippen LogP contribution in [0.3, 0.4) is 0 Å². The third kappa shape index (κ3) is 7.18. The van der Waals surface area contributed by atoms with Crippen molar-refractivity contribution < 1.29 is 14.3 Å². The molecule has 7 rings (SSSR count). The molecule has 3 aromatic heterocycles. The summed E-state index contributed by atoms with van der Waals surface area (Å²) in [5.74, 6) is 0.626. The Morgan fingerprint density at radius 3 is 2.59 bits per heavy atom. The number of nitrogens with one attached hydrogen (secondary N) is 3. The van der Waals surface area contributed by atoms with Crippen molar-refractivity contribution in [2.45, 2.75) is 50.9 Å². The van der Waals surface area contributed by atoms with Crippen LogP contribution < -0.4 is 20.7 Å². The van der Waals surface area contributed by atoms with Crippen LogP contribution in [0.25, 0.3) is 44.5 Å². The number of carbonyl (C=O) groups is 1. The molecular formula is C38H40Cl2N6O3. The van der Waals surface area contributed by atoms with Gasteiger partial charge in [0.15, 0.2) is 0 Å². The van der Waals surface area contributed by atoms with Gasteiger partial charge in [0.25, 0.3) is 0 Å². The minimum Gasteiger partial charge on any atom is -0.481 e. The predicted molar refractivity (Wildman–Crippen MR) is 195 cm³/mol. The number of fused-ring (bicyclic) bond motifs is 1. The smallest absolute Gasteiger partial charge is 0.220 e. The van der Waals surface area contributed by atoms with E-state index in [2.05, 4.69) is 52.0 Å². The molecule has 0 aliphatic carbocycles. The van der Waals surface area contributed by atoms with E-state index in [0.29, 0.717) is 52.9 Å². The molecule has 2 aliphatic heterocycles.